The van der Waals surface area contributed by atoms with Gasteiger partial charge in [0, 0.05) is 35.4 Å². The van der Waals surface area contributed by atoms with E-state index in [0.29, 0.717) is 12.2 Å². The molecule has 0 bridgehead atoms. The Balaban J connectivity index is 0.000000221. The fourth-order valence-corrected chi connectivity index (χ4v) is 3.35. The van der Waals surface area contributed by atoms with Crippen LogP contribution < -0.4 is 16.0 Å². The maximum absolute atomic E-state index is 11.2. The third kappa shape index (κ3) is 11.1. The van der Waals surface area contributed by atoms with Crippen molar-refractivity contribution in [3.8, 4) is 0 Å². The number of anilines is 2. The molecule has 0 aliphatic carbocycles. The summed E-state index contributed by atoms with van der Waals surface area (Å²) in [5.74, 6) is -0.675. The van der Waals surface area contributed by atoms with Crippen molar-refractivity contribution in [1.82, 2.24) is 5.32 Å². The van der Waals surface area contributed by atoms with Crippen molar-refractivity contribution >= 4 is 45.6 Å². The highest BCUT2D eigenvalue weighted by atomic mass is 16.6. The lowest BCUT2D eigenvalue weighted by Crippen LogP contribution is -2.19. The zero-order valence-electron chi connectivity index (χ0n) is 23.2. The number of carbonyl (C=O) groups is 3. The molecular formula is C33H32N4O5. The summed E-state index contributed by atoms with van der Waals surface area (Å²) in [5, 5.41) is 20.4. The minimum absolute atomic E-state index is 0.0124. The number of rotatable bonds is 8. The molecule has 0 fully saturated rings. The lowest BCUT2D eigenvalue weighted by Gasteiger charge is -2.06. The smallest absolute Gasteiger partial charge is 0.269 e. The maximum Gasteiger partial charge on any atom is 0.269 e. The molecule has 42 heavy (non-hydrogen) atoms. The Morgan fingerprint density at radius 3 is 1.90 bits per heavy atom. The van der Waals surface area contributed by atoms with Crippen LogP contribution in [-0.2, 0) is 20.9 Å². The van der Waals surface area contributed by atoms with Crippen molar-refractivity contribution in [2.45, 2.75) is 13.5 Å². The number of nitrogens with zero attached hydrogens (tertiary/aromatic N) is 1. The van der Waals surface area contributed by atoms with Gasteiger partial charge in [-0.15, -0.1) is 0 Å². The molecule has 0 heterocycles. The summed E-state index contributed by atoms with van der Waals surface area (Å²) >= 11 is 0. The fourth-order valence-electron chi connectivity index (χ4n) is 3.35. The first-order chi connectivity index (χ1) is 20.2. The number of non-ortho nitro benzene ring substituents is 1. The molecule has 214 valence electrons. The normalized spacial score (nSPS) is 9.45. The van der Waals surface area contributed by atoms with Gasteiger partial charge in [-0.25, -0.2) is 0 Å². The summed E-state index contributed by atoms with van der Waals surface area (Å²) in [7, 11) is 0. The van der Waals surface area contributed by atoms with E-state index in [1.807, 2.05) is 73.7 Å². The maximum atomic E-state index is 11.2. The highest BCUT2D eigenvalue weighted by molar-refractivity contribution is 6.05. The molecule has 0 atom stereocenters. The molecule has 4 aromatic carbocycles. The molecule has 0 aliphatic rings. The monoisotopic (exact) mass is 564 g/mol. The van der Waals surface area contributed by atoms with Gasteiger partial charge in [0.15, 0.2) is 0 Å². The number of fused-ring (bicyclic) bond motifs is 1. The quantitative estimate of drug-likeness (QED) is 0.128. The fraction of sp³-hybridized carbons (Fsp3) is 0.0606. The van der Waals surface area contributed by atoms with Gasteiger partial charge in [0.1, 0.15) is 0 Å². The zero-order valence-corrected chi connectivity index (χ0v) is 23.2. The Labute approximate surface area is 244 Å². The van der Waals surface area contributed by atoms with E-state index in [2.05, 4.69) is 35.7 Å². The van der Waals surface area contributed by atoms with Gasteiger partial charge in [0.25, 0.3) is 5.69 Å². The molecule has 4 rings (SSSR count). The molecule has 9 nitrogen and oxygen atoms in total. The molecule has 0 unspecified atom stereocenters. The Morgan fingerprint density at radius 2 is 1.31 bits per heavy atom. The van der Waals surface area contributed by atoms with Crippen LogP contribution in [0.5, 0.6) is 0 Å². The average Bonchev–Trinajstić information content (AvgIpc) is 3.01. The lowest BCUT2D eigenvalue weighted by molar-refractivity contribution is -0.384. The zero-order chi connectivity index (χ0) is 30.9. The number of nitro groups is 1. The van der Waals surface area contributed by atoms with Gasteiger partial charge in [-0.1, -0.05) is 86.0 Å². The molecule has 3 amide bonds. The van der Waals surface area contributed by atoms with Crippen LogP contribution >= 0.6 is 0 Å². The molecule has 0 aliphatic heterocycles. The van der Waals surface area contributed by atoms with E-state index in [1.165, 1.54) is 42.0 Å². The second-order valence-electron chi connectivity index (χ2n) is 8.62. The van der Waals surface area contributed by atoms with Crippen molar-refractivity contribution in [1.29, 1.82) is 0 Å². The van der Waals surface area contributed by atoms with E-state index in [9.17, 15) is 24.5 Å². The largest absolute Gasteiger partial charge is 0.348 e. The number of benzene rings is 4. The van der Waals surface area contributed by atoms with Crippen molar-refractivity contribution in [3.05, 3.63) is 150 Å². The van der Waals surface area contributed by atoms with E-state index >= 15 is 0 Å². The second-order valence-corrected chi connectivity index (χ2v) is 8.62. The van der Waals surface area contributed by atoms with E-state index in [0.717, 1.165) is 28.1 Å². The minimum Gasteiger partial charge on any atom is -0.348 e. The lowest BCUT2D eigenvalue weighted by atomic mass is 10.1. The number of carbonyl (C=O) groups excluding carboxylic acids is 3. The summed E-state index contributed by atoms with van der Waals surface area (Å²) in [4.78, 5) is 42.6. The minimum atomic E-state index is -0.501. The van der Waals surface area contributed by atoms with Gasteiger partial charge >= 0.3 is 0 Å². The van der Waals surface area contributed by atoms with Crippen LogP contribution in [0.15, 0.2) is 129 Å². The SMILES string of the molecule is C=CC(=O)NCc1ccc(C)cc1.C=CC(=O)Nc1ccc([N+](=O)[O-])cc1.C=CC(=O)Nc1cccc2ccccc12. The van der Waals surface area contributed by atoms with E-state index in [-0.39, 0.29) is 23.4 Å². The van der Waals surface area contributed by atoms with Crippen molar-refractivity contribution < 1.29 is 19.3 Å². The Kier molecular flexibility index (Phi) is 13.1. The molecule has 0 saturated heterocycles. The number of hydrogen-bond acceptors (Lipinski definition) is 5. The van der Waals surface area contributed by atoms with Crippen LogP contribution in [-0.4, -0.2) is 22.6 Å². The van der Waals surface area contributed by atoms with Gasteiger partial charge in [0.2, 0.25) is 17.7 Å². The van der Waals surface area contributed by atoms with Crippen LogP contribution in [0.1, 0.15) is 11.1 Å². The molecule has 4 aromatic rings. The number of nitro benzene ring substituents is 1. The summed E-state index contributed by atoms with van der Waals surface area (Å²) in [5.41, 5.74) is 3.62. The molecule has 0 aromatic heterocycles. The summed E-state index contributed by atoms with van der Waals surface area (Å²) in [6.07, 6.45) is 3.66. The van der Waals surface area contributed by atoms with Crippen LogP contribution in [0, 0.1) is 17.0 Å². The van der Waals surface area contributed by atoms with Gasteiger partial charge < -0.3 is 16.0 Å². The highest BCUT2D eigenvalue weighted by Gasteiger charge is 2.04. The van der Waals surface area contributed by atoms with Gasteiger partial charge in [-0.2, -0.15) is 0 Å². The topological polar surface area (TPSA) is 130 Å². The summed E-state index contributed by atoms with van der Waals surface area (Å²) < 4.78 is 0. The molecule has 0 spiro atoms. The third-order valence-corrected chi connectivity index (χ3v) is 5.54. The van der Waals surface area contributed by atoms with Crippen LogP contribution in [0.25, 0.3) is 10.8 Å². The van der Waals surface area contributed by atoms with Crippen LogP contribution in [0.4, 0.5) is 17.1 Å². The second kappa shape index (κ2) is 17.0. The van der Waals surface area contributed by atoms with Crippen LogP contribution in [0.2, 0.25) is 0 Å². The predicted molar refractivity (Wildman–Crippen MR) is 168 cm³/mol. The molecular weight excluding hydrogens is 532 g/mol. The highest BCUT2D eigenvalue weighted by Crippen LogP contribution is 2.22. The number of amides is 3. The first-order valence-electron chi connectivity index (χ1n) is 12.7. The first kappa shape index (κ1) is 32.4. The molecule has 0 saturated carbocycles. The van der Waals surface area contributed by atoms with Gasteiger partial charge in [-0.3, -0.25) is 24.5 Å². The van der Waals surface area contributed by atoms with Crippen molar-refractivity contribution in [2.24, 2.45) is 0 Å². The summed E-state index contributed by atoms with van der Waals surface area (Å²) in [6.45, 7) is 12.7. The molecule has 0 radical (unpaired) electrons. The standard InChI is InChI=1S/C13H11NO.C11H13NO.C9H8N2O3/c1-2-13(15)14-12-9-5-7-10-6-3-4-8-11(10)12;1-3-11(13)12-8-10-6-4-9(2)5-7-10;1-2-9(12)10-7-3-5-8(6-4-7)11(13)14/h2-9H,1H2,(H,14,15);3-7H,1,8H2,2H3,(H,12,13);2-6H,1H2,(H,10,12). The van der Waals surface area contributed by atoms with E-state index in [1.54, 1.807) is 0 Å². The first-order valence-corrected chi connectivity index (χ1v) is 12.7. The average molecular weight is 565 g/mol. The predicted octanol–water partition coefficient (Wildman–Crippen LogP) is 6.48. The van der Waals surface area contributed by atoms with E-state index in [4.69, 9.17) is 0 Å². The Hall–Kier alpha value is -5.83. The van der Waals surface area contributed by atoms with Crippen LogP contribution in [0.3, 0.4) is 0 Å². The van der Waals surface area contributed by atoms with Gasteiger partial charge in [-0.05, 0) is 54.3 Å². The number of aryl methyl sites for hydroxylation is 1. The Morgan fingerprint density at radius 1 is 0.738 bits per heavy atom. The van der Waals surface area contributed by atoms with Crippen molar-refractivity contribution in [3.63, 3.8) is 0 Å². The number of nitrogens with one attached hydrogen (secondary N) is 3. The Bertz CT molecular complexity index is 1560. The molecule has 3 N–H and O–H groups in total. The molecule has 9 heteroatoms. The third-order valence-electron chi connectivity index (χ3n) is 5.54. The van der Waals surface area contributed by atoms with Gasteiger partial charge in [0.05, 0.1) is 4.92 Å². The van der Waals surface area contributed by atoms with E-state index < -0.39 is 4.92 Å². The number of hydrogen-bond donors (Lipinski definition) is 3. The van der Waals surface area contributed by atoms with Crippen molar-refractivity contribution in [2.75, 3.05) is 10.6 Å². The summed E-state index contributed by atoms with van der Waals surface area (Å²) in [6, 6.07) is 27.3.